The van der Waals surface area contributed by atoms with Crippen molar-refractivity contribution < 1.29 is 4.79 Å². The number of fused-ring (bicyclic) bond motifs is 1. The maximum absolute atomic E-state index is 12.9. The largest absolute Gasteiger partial charge is 0.348 e. The molecule has 0 bridgehead atoms. The summed E-state index contributed by atoms with van der Waals surface area (Å²) in [5.41, 5.74) is 0.505. The Bertz CT molecular complexity index is 1160. The second-order valence-electron chi connectivity index (χ2n) is 7.51. The van der Waals surface area contributed by atoms with E-state index in [0.717, 1.165) is 16.6 Å². The molecule has 1 amide bonds. The fourth-order valence-electron chi connectivity index (χ4n) is 3.42. The lowest BCUT2D eigenvalue weighted by Crippen LogP contribution is -2.38. The SMILES string of the molecule is CC(C)CC(NC(=O)Cn1c(Br)nc2c(=O)n(C)c(=O)n(C)c21)c1ccccc1. The van der Waals surface area contributed by atoms with E-state index in [1.807, 2.05) is 30.3 Å². The van der Waals surface area contributed by atoms with Crippen LogP contribution in [0.4, 0.5) is 0 Å². The van der Waals surface area contributed by atoms with Gasteiger partial charge in [-0.05, 0) is 33.8 Å². The summed E-state index contributed by atoms with van der Waals surface area (Å²) in [6.45, 7) is 4.14. The zero-order chi connectivity index (χ0) is 21.3. The van der Waals surface area contributed by atoms with Crippen molar-refractivity contribution in [2.45, 2.75) is 32.9 Å². The van der Waals surface area contributed by atoms with Crippen molar-refractivity contribution in [3.05, 3.63) is 61.5 Å². The van der Waals surface area contributed by atoms with Gasteiger partial charge in [-0.3, -0.25) is 23.3 Å². The van der Waals surface area contributed by atoms with E-state index in [1.165, 1.54) is 16.2 Å². The highest BCUT2D eigenvalue weighted by molar-refractivity contribution is 9.10. The van der Waals surface area contributed by atoms with Crippen LogP contribution in [0.1, 0.15) is 31.9 Å². The van der Waals surface area contributed by atoms with E-state index >= 15 is 0 Å². The molecule has 0 radical (unpaired) electrons. The standard InChI is InChI=1S/C20H24BrN5O3/c1-12(2)10-14(13-8-6-5-7-9-13)22-15(27)11-26-17-16(23-19(26)21)18(28)25(4)20(29)24(17)3/h5-9,12,14H,10-11H2,1-4H3,(H,22,27). The van der Waals surface area contributed by atoms with Crippen LogP contribution in [0.3, 0.4) is 0 Å². The number of nitrogens with zero attached hydrogens (tertiary/aromatic N) is 4. The van der Waals surface area contributed by atoms with Gasteiger partial charge in [0.1, 0.15) is 6.54 Å². The lowest BCUT2D eigenvalue weighted by molar-refractivity contribution is -0.122. The van der Waals surface area contributed by atoms with Crippen molar-refractivity contribution >= 4 is 33.0 Å². The molecule has 2 aromatic heterocycles. The first kappa shape index (κ1) is 21.0. The normalized spacial score (nSPS) is 12.5. The zero-order valence-electron chi connectivity index (χ0n) is 16.8. The third kappa shape index (κ3) is 4.19. The Morgan fingerprint density at radius 3 is 2.41 bits per heavy atom. The van der Waals surface area contributed by atoms with Gasteiger partial charge in [0, 0.05) is 14.1 Å². The van der Waals surface area contributed by atoms with Crippen LogP contribution in [0.25, 0.3) is 11.2 Å². The van der Waals surface area contributed by atoms with E-state index in [4.69, 9.17) is 0 Å². The van der Waals surface area contributed by atoms with E-state index in [-0.39, 0.29) is 24.0 Å². The molecular weight excluding hydrogens is 438 g/mol. The Hall–Kier alpha value is -2.68. The van der Waals surface area contributed by atoms with Crippen LogP contribution in [0, 0.1) is 5.92 Å². The Balaban J connectivity index is 1.94. The first-order valence-corrected chi connectivity index (χ1v) is 10.2. The first-order chi connectivity index (χ1) is 13.7. The molecule has 3 rings (SSSR count). The number of aryl methyl sites for hydroxylation is 1. The molecular formula is C20H24BrN5O3. The summed E-state index contributed by atoms with van der Waals surface area (Å²) in [7, 11) is 2.96. The third-order valence-electron chi connectivity index (χ3n) is 4.84. The number of rotatable bonds is 6. The Morgan fingerprint density at radius 2 is 1.79 bits per heavy atom. The summed E-state index contributed by atoms with van der Waals surface area (Å²) in [4.78, 5) is 41.8. The zero-order valence-corrected chi connectivity index (χ0v) is 18.4. The third-order valence-corrected chi connectivity index (χ3v) is 5.44. The molecule has 8 nitrogen and oxygen atoms in total. The smallest absolute Gasteiger partial charge is 0.332 e. The number of halogens is 1. The lowest BCUT2D eigenvalue weighted by atomic mass is 9.97. The monoisotopic (exact) mass is 461 g/mol. The van der Waals surface area contributed by atoms with Crippen molar-refractivity contribution in [3.8, 4) is 0 Å². The fourth-order valence-corrected chi connectivity index (χ4v) is 3.89. The topological polar surface area (TPSA) is 90.9 Å². The summed E-state index contributed by atoms with van der Waals surface area (Å²) >= 11 is 3.32. The highest BCUT2D eigenvalue weighted by Crippen LogP contribution is 2.22. The molecule has 0 fully saturated rings. The van der Waals surface area contributed by atoms with Crippen LogP contribution in [0.5, 0.6) is 0 Å². The average Bonchev–Trinajstić information content (AvgIpc) is 3.01. The van der Waals surface area contributed by atoms with Gasteiger partial charge in [0.25, 0.3) is 5.56 Å². The van der Waals surface area contributed by atoms with Crippen LogP contribution in [0.2, 0.25) is 0 Å². The Morgan fingerprint density at radius 1 is 1.14 bits per heavy atom. The molecule has 1 aromatic carbocycles. The van der Waals surface area contributed by atoms with E-state index in [2.05, 4.69) is 40.1 Å². The Labute approximate surface area is 176 Å². The van der Waals surface area contributed by atoms with Crippen molar-refractivity contribution in [2.24, 2.45) is 20.0 Å². The quantitative estimate of drug-likeness (QED) is 0.569. The number of hydrogen-bond acceptors (Lipinski definition) is 4. The summed E-state index contributed by atoms with van der Waals surface area (Å²) in [6, 6.07) is 9.68. The number of amides is 1. The molecule has 0 aliphatic heterocycles. The minimum atomic E-state index is -0.495. The highest BCUT2D eigenvalue weighted by atomic mass is 79.9. The molecule has 1 unspecified atom stereocenters. The number of carbonyl (C=O) groups is 1. The number of hydrogen-bond donors (Lipinski definition) is 1. The van der Waals surface area contributed by atoms with E-state index < -0.39 is 11.2 Å². The van der Waals surface area contributed by atoms with Crippen LogP contribution in [-0.4, -0.2) is 24.6 Å². The van der Waals surface area contributed by atoms with Gasteiger partial charge in [0.05, 0.1) is 6.04 Å². The van der Waals surface area contributed by atoms with Crippen molar-refractivity contribution in [1.29, 1.82) is 0 Å². The number of imidazole rings is 1. The van der Waals surface area contributed by atoms with Gasteiger partial charge in [-0.15, -0.1) is 0 Å². The van der Waals surface area contributed by atoms with Gasteiger partial charge in [-0.25, -0.2) is 9.78 Å². The van der Waals surface area contributed by atoms with Crippen molar-refractivity contribution in [3.63, 3.8) is 0 Å². The summed E-state index contributed by atoms with van der Waals surface area (Å²) < 4.78 is 4.18. The van der Waals surface area contributed by atoms with E-state index in [0.29, 0.717) is 16.3 Å². The molecule has 154 valence electrons. The van der Waals surface area contributed by atoms with Crippen LogP contribution < -0.4 is 16.6 Å². The fraction of sp³-hybridized carbons (Fsp3) is 0.400. The first-order valence-electron chi connectivity index (χ1n) is 9.36. The van der Waals surface area contributed by atoms with Gasteiger partial charge in [-0.1, -0.05) is 44.2 Å². The van der Waals surface area contributed by atoms with E-state index in [9.17, 15) is 14.4 Å². The second kappa shape index (κ2) is 8.36. The second-order valence-corrected chi connectivity index (χ2v) is 8.21. The van der Waals surface area contributed by atoms with E-state index in [1.54, 1.807) is 7.05 Å². The van der Waals surface area contributed by atoms with Crippen LogP contribution in [-0.2, 0) is 25.4 Å². The molecule has 0 saturated carbocycles. The molecule has 0 aliphatic carbocycles. The minimum Gasteiger partial charge on any atom is -0.348 e. The summed E-state index contributed by atoms with van der Waals surface area (Å²) in [5, 5.41) is 3.08. The molecule has 2 heterocycles. The number of benzene rings is 1. The number of aromatic nitrogens is 4. The lowest BCUT2D eigenvalue weighted by Gasteiger charge is -2.21. The maximum atomic E-state index is 12.9. The molecule has 1 N–H and O–H groups in total. The molecule has 0 aliphatic rings. The molecule has 9 heteroatoms. The van der Waals surface area contributed by atoms with Crippen molar-refractivity contribution in [1.82, 2.24) is 24.0 Å². The highest BCUT2D eigenvalue weighted by Gasteiger charge is 2.21. The minimum absolute atomic E-state index is 0.0705. The van der Waals surface area contributed by atoms with Gasteiger partial charge < -0.3 is 5.32 Å². The van der Waals surface area contributed by atoms with Gasteiger partial charge >= 0.3 is 5.69 Å². The van der Waals surface area contributed by atoms with Crippen LogP contribution >= 0.6 is 15.9 Å². The molecule has 3 aromatic rings. The predicted molar refractivity (Wildman–Crippen MR) is 115 cm³/mol. The van der Waals surface area contributed by atoms with Crippen LogP contribution in [0.15, 0.2) is 44.7 Å². The average molecular weight is 462 g/mol. The predicted octanol–water partition coefficient (Wildman–Crippen LogP) is 2.10. The van der Waals surface area contributed by atoms with Crippen molar-refractivity contribution in [2.75, 3.05) is 0 Å². The van der Waals surface area contributed by atoms with Gasteiger partial charge in [0.2, 0.25) is 5.91 Å². The van der Waals surface area contributed by atoms with Gasteiger partial charge in [0.15, 0.2) is 15.9 Å². The number of nitrogens with one attached hydrogen (secondary N) is 1. The summed E-state index contributed by atoms with van der Waals surface area (Å²) in [6.07, 6.45) is 0.792. The molecule has 1 atom stereocenters. The number of carbonyl (C=O) groups excluding carboxylic acids is 1. The molecule has 29 heavy (non-hydrogen) atoms. The Kier molecular flexibility index (Phi) is 6.07. The maximum Gasteiger partial charge on any atom is 0.332 e. The summed E-state index contributed by atoms with van der Waals surface area (Å²) in [5.74, 6) is 0.165. The molecule has 0 spiro atoms. The molecule has 0 saturated heterocycles. The van der Waals surface area contributed by atoms with Gasteiger partial charge in [-0.2, -0.15) is 0 Å².